The Morgan fingerprint density at radius 1 is 1.08 bits per heavy atom. The second kappa shape index (κ2) is 6.91. The topological polar surface area (TPSA) is 41.5 Å². The van der Waals surface area contributed by atoms with E-state index in [1.807, 2.05) is 32.0 Å². The molecule has 1 heterocycles. The molecular weight excluding hydrogens is 305 g/mol. The van der Waals surface area contributed by atoms with Crippen LogP contribution in [0.4, 0.5) is 4.39 Å². The number of phenolic OH excluding ortho intramolecular Hbond substituents is 1. The Kier molecular flexibility index (Phi) is 4.88. The molecule has 0 atom stereocenters. The molecule has 128 valence electrons. The summed E-state index contributed by atoms with van der Waals surface area (Å²) in [6, 6.07) is 10.5. The quantitative estimate of drug-likeness (QED) is 0.892. The zero-order chi connectivity index (χ0) is 17.2. The Morgan fingerprint density at radius 2 is 1.71 bits per heavy atom. The third-order valence-electron chi connectivity index (χ3n) is 5.06. The Morgan fingerprint density at radius 3 is 2.38 bits per heavy atom. The van der Waals surface area contributed by atoms with Crippen LogP contribution in [0.5, 0.6) is 5.75 Å². The van der Waals surface area contributed by atoms with Crippen LogP contribution < -0.4 is 5.32 Å². The fraction of sp³-hybridized carbons (Fsp3) is 0.400. The van der Waals surface area contributed by atoms with Crippen LogP contribution >= 0.6 is 0 Å². The second-order valence-electron chi connectivity index (χ2n) is 6.62. The lowest BCUT2D eigenvalue weighted by atomic mass is 9.82. The summed E-state index contributed by atoms with van der Waals surface area (Å²) in [5, 5.41) is 13.8. The first-order valence-corrected chi connectivity index (χ1v) is 8.38. The predicted octanol–water partition coefficient (Wildman–Crippen LogP) is 3.94. The Labute approximate surface area is 142 Å². The van der Waals surface area contributed by atoms with Crippen molar-refractivity contribution in [3.8, 4) is 5.75 Å². The van der Waals surface area contributed by atoms with Crippen molar-refractivity contribution in [3.63, 3.8) is 0 Å². The standard InChI is InChI=1S/C20H24FNO2/c1-14-11-16(19(23)12-15(14)2)13-22-20(7-9-24-10-8-20)17-3-5-18(21)6-4-17/h3-6,11-12,22-23H,7-10,13H2,1-2H3. The molecule has 0 aromatic heterocycles. The van der Waals surface area contributed by atoms with Gasteiger partial charge in [-0.15, -0.1) is 0 Å². The van der Waals surface area contributed by atoms with Crippen molar-refractivity contribution in [2.24, 2.45) is 0 Å². The number of hydrogen-bond acceptors (Lipinski definition) is 3. The summed E-state index contributed by atoms with van der Waals surface area (Å²) in [6.45, 7) is 5.93. The highest BCUT2D eigenvalue weighted by Crippen LogP contribution is 2.33. The van der Waals surface area contributed by atoms with Gasteiger partial charge in [-0.25, -0.2) is 4.39 Å². The van der Waals surface area contributed by atoms with E-state index in [9.17, 15) is 9.50 Å². The first kappa shape index (κ1) is 16.9. The third kappa shape index (κ3) is 3.45. The molecular formula is C20H24FNO2. The minimum Gasteiger partial charge on any atom is -0.508 e. The zero-order valence-electron chi connectivity index (χ0n) is 14.2. The highest BCUT2D eigenvalue weighted by Gasteiger charge is 2.34. The summed E-state index contributed by atoms with van der Waals surface area (Å²) in [6.07, 6.45) is 1.65. The molecule has 0 aliphatic carbocycles. The van der Waals surface area contributed by atoms with E-state index >= 15 is 0 Å². The Hall–Kier alpha value is -1.91. The van der Waals surface area contributed by atoms with Crippen molar-refractivity contribution >= 4 is 0 Å². The molecule has 0 spiro atoms. The molecule has 24 heavy (non-hydrogen) atoms. The molecule has 0 bridgehead atoms. The zero-order valence-corrected chi connectivity index (χ0v) is 14.2. The third-order valence-corrected chi connectivity index (χ3v) is 5.06. The van der Waals surface area contributed by atoms with E-state index in [4.69, 9.17) is 4.74 Å². The van der Waals surface area contributed by atoms with Crippen LogP contribution in [-0.2, 0) is 16.8 Å². The van der Waals surface area contributed by atoms with Gasteiger partial charge >= 0.3 is 0 Å². The minimum absolute atomic E-state index is 0.229. The first-order chi connectivity index (χ1) is 11.5. The van der Waals surface area contributed by atoms with Gasteiger partial charge in [-0.05, 0) is 61.6 Å². The smallest absolute Gasteiger partial charge is 0.123 e. The fourth-order valence-electron chi connectivity index (χ4n) is 3.32. The maximum atomic E-state index is 13.3. The largest absolute Gasteiger partial charge is 0.508 e. The average Bonchev–Trinajstić information content (AvgIpc) is 2.58. The van der Waals surface area contributed by atoms with E-state index in [0.29, 0.717) is 25.5 Å². The molecule has 2 aromatic rings. The highest BCUT2D eigenvalue weighted by atomic mass is 19.1. The Balaban J connectivity index is 1.85. The summed E-state index contributed by atoms with van der Waals surface area (Å²) < 4.78 is 18.8. The van der Waals surface area contributed by atoms with Crippen molar-refractivity contribution in [3.05, 3.63) is 64.5 Å². The van der Waals surface area contributed by atoms with Gasteiger partial charge in [0.1, 0.15) is 11.6 Å². The SMILES string of the molecule is Cc1cc(O)c(CNC2(c3ccc(F)cc3)CCOCC2)cc1C. The Bertz CT molecular complexity index is 706. The summed E-state index contributed by atoms with van der Waals surface area (Å²) in [7, 11) is 0. The molecule has 2 N–H and O–H groups in total. The van der Waals surface area contributed by atoms with E-state index in [-0.39, 0.29) is 11.4 Å². The van der Waals surface area contributed by atoms with Crippen molar-refractivity contribution in [2.45, 2.75) is 38.8 Å². The predicted molar refractivity (Wildman–Crippen MR) is 92.6 cm³/mol. The number of aryl methyl sites for hydroxylation is 2. The summed E-state index contributed by atoms with van der Waals surface area (Å²) in [5.74, 6) is 0.0830. The molecule has 0 amide bonds. The molecule has 1 saturated heterocycles. The molecule has 3 rings (SSSR count). The number of benzene rings is 2. The number of halogens is 1. The van der Waals surface area contributed by atoms with Crippen LogP contribution in [0.3, 0.4) is 0 Å². The number of ether oxygens (including phenoxy) is 1. The normalized spacial score (nSPS) is 17.0. The van der Waals surface area contributed by atoms with Crippen LogP contribution in [0.25, 0.3) is 0 Å². The maximum Gasteiger partial charge on any atom is 0.123 e. The van der Waals surface area contributed by atoms with Crippen LogP contribution in [0.2, 0.25) is 0 Å². The molecule has 2 aromatic carbocycles. The maximum absolute atomic E-state index is 13.3. The number of nitrogens with one attached hydrogen (secondary N) is 1. The number of rotatable bonds is 4. The van der Waals surface area contributed by atoms with Gasteiger partial charge in [0, 0.05) is 30.9 Å². The molecule has 3 nitrogen and oxygen atoms in total. The number of hydrogen-bond donors (Lipinski definition) is 2. The number of aromatic hydroxyl groups is 1. The lowest BCUT2D eigenvalue weighted by Crippen LogP contribution is -2.46. The molecule has 0 saturated carbocycles. The van der Waals surface area contributed by atoms with Gasteiger partial charge in [0.05, 0.1) is 0 Å². The lowest BCUT2D eigenvalue weighted by molar-refractivity contribution is 0.0357. The van der Waals surface area contributed by atoms with Crippen molar-refractivity contribution in [2.75, 3.05) is 13.2 Å². The van der Waals surface area contributed by atoms with Crippen molar-refractivity contribution < 1.29 is 14.2 Å². The molecule has 1 fully saturated rings. The number of phenols is 1. The van der Waals surface area contributed by atoms with E-state index in [1.165, 1.54) is 12.1 Å². The average molecular weight is 329 g/mol. The lowest BCUT2D eigenvalue weighted by Gasteiger charge is -2.39. The van der Waals surface area contributed by atoms with Crippen LogP contribution in [0.1, 0.15) is 35.1 Å². The van der Waals surface area contributed by atoms with Gasteiger partial charge in [-0.2, -0.15) is 0 Å². The molecule has 0 radical (unpaired) electrons. The van der Waals surface area contributed by atoms with Gasteiger partial charge in [-0.3, -0.25) is 0 Å². The molecule has 1 aliphatic rings. The van der Waals surface area contributed by atoms with Crippen LogP contribution in [0, 0.1) is 19.7 Å². The van der Waals surface area contributed by atoms with Crippen molar-refractivity contribution in [1.82, 2.24) is 5.32 Å². The van der Waals surface area contributed by atoms with E-state index in [1.54, 1.807) is 6.07 Å². The van der Waals surface area contributed by atoms with Gasteiger partial charge in [0.15, 0.2) is 0 Å². The van der Waals surface area contributed by atoms with Gasteiger partial charge in [0.25, 0.3) is 0 Å². The molecule has 4 heteroatoms. The van der Waals surface area contributed by atoms with Crippen molar-refractivity contribution in [1.29, 1.82) is 0 Å². The summed E-state index contributed by atoms with van der Waals surface area (Å²) >= 11 is 0. The second-order valence-corrected chi connectivity index (χ2v) is 6.62. The fourth-order valence-corrected chi connectivity index (χ4v) is 3.32. The first-order valence-electron chi connectivity index (χ1n) is 8.38. The van der Waals surface area contributed by atoms with Crippen LogP contribution in [-0.4, -0.2) is 18.3 Å². The van der Waals surface area contributed by atoms with Crippen LogP contribution in [0.15, 0.2) is 36.4 Å². The van der Waals surface area contributed by atoms with E-state index in [0.717, 1.165) is 35.1 Å². The van der Waals surface area contributed by atoms with Gasteiger partial charge in [-0.1, -0.05) is 18.2 Å². The molecule has 0 unspecified atom stereocenters. The van der Waals surface area contributed by atoms with E-state index in [2.05, 4.69) is 5.32 Å². The minimum atomic E-state index is -0.253. The van der Waals surface area contributed by atoms with Gasteiger partial charge in [0.2, 0.25) is 0 Å². The highest BCUT2D eigenvalue weighted by molar-refractivity contribution is 5.41. The van der Waals surface area contributed by atoms with E-state index < -0.39 is 0 Å². The van der Waals surface area contributed by atoms with Gasteiger partial charge < -0.3 is 15.2 Å². The summed E-state index contributed by atoms with van der Waals surface area (Å²) in [5.41, 5.74) is 3.93. The monoisotopic (exact) mass is 329 g/mol. The molecule has 1 aliphatic heterocycles. The summed E-state index contributed by atoms with van der Waals surface area (Å²) in [4.78, 5) is 0.